The number of thioether (sulfide) groups is 2. The van der Waals surface area contributed by atoms with Crippen LogP contribution < -0.4 is 11.3 Å². The lowest BCUT2D eigenvalue weighted by atomic mass is 10.1. The SMILES string of the molecule is CC1SCC(C(NN)c2cccc(Cl)c2)SC1C. The number of nitrogens with one attached hydrogen (secondary N) is 1. The zero-order chi connectivity index (χ0) is 13.1. The van der Waals surface area contributed by atoms with Crippen molar-refractivity contribution in [1.82, 2.24) is 5.43 Å². The average molecular weight is 303 g/mol. The maximum Gasteiger partial charge on any atom is 0.0587 e. The summed E-state index contributed by atoms with van der Waals surface area (Å²) in [5.74, 6) is 6.87. The second kappa shape index (κ2) is 6.53. The van der Waals surface area contributed by atoms with Gasteiger partial charge in [-0.05, 0) is 17.7 Å². The molecule has 2 nitrogen and oxygen atoms in total. The van der Waals surface area contributed by atoms with Crippen LogP contribution in [0.2, 0.25) is 5.02 Å². The third-order valence-corrected chi connectivity index (χ3v) is 7.06. The lowest BCUT2D eigenvalue weighted by molar-refractivity contribution is 0.550. The maximum atomic E-state index is 6.06. The van der Waals surface area contributed by atoms with Crippen LogP contribution in [-0.2, 0) is 0 Å². The third kappa shape index (κ3) is 3.36. The fourth-order valence-corrected chi connectivity index (χ4v) is 5.40. The Morgan fingerprint density at radius 3 is 2.78 bits per heavy atom. The Labute approximate surface area is 122 Å². The molecule has 1 aliphatic heterocycles. The Morgan fingerprint density at radius 1 is 1.39 bits per heavy atom. The van der Waals surface area contributed by atoms with E-state index in [0.29, 0.717) is 15.7 Å². The summed E-state index contributed by atoms with van der Waals surface area (Å²) in [7, 11) is 0. The molecule has 0 bridgehead atoms. The van der Waals surface area contributed by atoms with Crippen LogP contribution in [-0.4, -0.2) is 21.5 Å². The fraction of sp³-hybridized carbons (Fsp3) is 0.538. The first-order valence-corrected chi connectivity index (χ1v) is 8.47. The van der Waals surface area contributed by atoms with Gasteiger partial charge in [-0.3, -0.25) is 11.3 Å². The zero-order valence-corrected chi connectivity index (χ0v) is 13.0. The van der Waals surface area contributed by atoms with Crippen LogP contribution in [0.4, 0.5) is 0 Å². The van der Waals surface area contributed by atoms with Crippen molar-refractivity contribution in [2.45, 2.75) is 35.6 Å². The van der Waals surface area contributed by atoms with E-state index in [1.165, 1.54) is 5.56 Å². The predicted octanol–water partition coefficient (Wildman–Crippen LogP) is 3.47. The molecular formula is C13H19ClN2S2. The molecule has 5 heteroatoms. The molecule has 0 saturated carbocycles. The summed E-state index contributed by atoms with van der Waals surface area (Å²) in [5, 5.41) is 2.63. The van der Waals surface area contributed by atoms with E-state index in [1.807, 2.05) is 41.7 Å². The molecule has 1 aromatic rings. The van der Waals surface area contributed by atoms with E-state index in [4.69, 9.17) is 17.4 Å². The van der Waals surface area contributed by atoms with E-state index in [9.17, 15) is 0 Å². The second-order valence-electron chi connectivity index (χ2n) is 4.62. The van der Waals surface area contributed by atoms with E-state index >= 15 is 0 Å². The van der Waals surface area contributed by atoms with Crippen LogP contribution in [0.15, 0.2) is 24.3 Å². The van der Waals surface area contributed by atoms with Crippen molar-refractivity contribution in [3.05, 3.63) is 34.9 Å². The Hall–Kier alpha value is 0.130. The highest BCUT2D eigenvalue weighted by molar-refractivity contribution is 8.07. The molecular weight excluding hydrogens is 284 g/mol. The molecule has 0 aliphatic carbocycles. The monoisotopic (exact) mass is 302 g/mol. The highest BCUT2D eigenvalue weighted by Crippen LogP contribution is 2.40. The standard InChI is InChI=1S/C13H19ClN2S2/c1-8-9(2)18-12(7-17-8)13(16-15)10-4-3-5-11(14)6-10/h3-6,8-9,12-13,16H,7,15H2,1-2H3. The van der Waals surface area contributed by atoms with Crippen molar-refractivity contribution in [2.75, 3.05) is 5.75 Å². The van der Waals surface area contributed by atoms with Gasteiger partial charge >= 0.3 is 0 Å². The minimum absolute atomic E-state index is 0.163. The van der Waals surface area contributed by atoms with Gasteiger partial charge in [-0.2, -0.15) is 23.5 Å². The van der Waals surface area contributed by atoms with Crippen molar-refractivity contribution in [3.63, 3.8) is 0 Å². The van der Waals surface area contributed by atoms with Crippen molar-refractivity contribution in [2.24, 2.45) is 5.84 Å². The summed E-state index contributed by atoms with van der Waals surface area (Å²) in [6.07, 6.45) is 0. The van der Waals surface area contributed by atoms with Crippen LogP contribution in [0, 0.1) is 0 Å². The van der Waals surface area contributed by atoms with Gasteiger partial charge in [0.2, 0.25) is 0 Å². The van der Waals surface area contributed by atoms with Crippen molar-refractivity contribution in [3.8, 4) is 0 Å². The first-order chi connectivity index (χ1) is 8.61. The molecule has 1 heterocycles. The van der Waals surface area contributed by atoms with Crippen molar-refractivity contribution < 1.29 is 0 Å². The minimum atomic E-state index is 0.163. The van der Waals surface area contributed by atoms with Crippen LogP contribution in [0.25, 0.3) is 0 Å². The minimum Gasteiger partial charge on any atom is -0.271 e. The second-order valence-corrected chi connectivity index (χ2v) is 8.09. The topological polar surface area (TPSA) is 38.0 Å². The summed E-state index contributed by atoms with van der Waals surface area (Å²) in [6.45, 7) is 4.59. The molecule has 0 radical (unpaired) electrons. The molecule has 100 valence electrons. The van der Waals surface area contributed by atoms with Crippen molar-refractivity contribution in [1.29, 1.82) is 0 Å². The van der Waals surface area contributed by atoms with E-state index < -0.39 is 0 Å². The third-order valence-electron chi connectivity index (χ3n) is 3.33. The van der Waals surface area contributed by atoms with Crippen molar-refractivity contribution >= 4 is 35.1 Å². The normalized spacial score (nSPS) is 30.1. The molecule has 3 N–H and O–H groups in total. The number of hydrazine groups is 1. The van der Waals surface area contributed by atoms with Gasteiger partial charge in [-0.25, -0.2) is 0 Å². The predicted molar refractivity (Wildman–Crippen MR) is 84.3 cm³/mol. The number of rotatable bonds is 3. The molecule has 1 aliphatic rings. The van der Waals surface area contributed by atoms with E-state index in [0.717, 1.165) is 10.8 Å². The van der Waals surface area contributed by atoms with Gasteiger partial charge in [0.25, 0.3) is 0 Å². The van der Waals surface area contributed by atoms with Gasteiger partial charge in [-0.1, -0.05) is 37.6 Å². The van der Waals surface area contributed by atoms with E-state index in [-0.39, 0.29) is 6.04 Å². The van der Waals surface area contributed by atoms with Crippen LogP contribution in [0.1, 0.15) is 25.5 Å². The number of nitrogens with two attached hydrogens (primary N) is 1. The summed E-state index contributed by atoms with van der Waals surface area (Å²) in [4.78, 5) is 0. The Bertz CT molecular complexity index is 402. The van der Waals surface area contributed by atoms with Gasteiger partial charge < -0.3 is 0 Å². The fourth-order valence-electron chi connectivity index (χ4n) is 2.10. The van der Waals surface area contributed by atoms with Crippen LogP contribution in [0.5, 0.6) is 0 Å². The largest absolute Gasteiger partial charge is 0.271 e. The highest BCUT2D eigenvalue weighted by atomic mass is 35.5. The smallest absolute Gasteiger partial charge is 0.0587 e. The molecule has 1 aromatic carbocycles. The highest BCUT2D eigenvalue weighted by Gasteiger charge is 2.31. The Balaban J connectivity index is 2.14. The summed E-state index contributed by atoms with van der Waals surface area (Å²) in [5.41, 5.74) is 4.13. The van der Waals surface area contributed by atoms with E-state index in [2.05, 4.69) is 25.3 Å². The first-order valence-electron chi connectivity index (χ1n) is 6.10. The average Bonchev–Trinajstić information content (AvgIpc) is 2.35. The number of halogens is 1. The van der Waals surface area contributed by atoms with Gasteiger partial charge in [0.05, 0.1) is 6.04 Å². The lowest BCUT2D eigenvalue weighted by Gasteiger charge is -2.35. The van der Waals surface area contributed by atoms with Gasteiger partial charge in [0.1, 0.15) is 0 Å². The maximum absolute atomic E-state index is 6.06. The molecule has 0 amide bonds. The molecule has 4 atom stereocenters. The Kier molecular flexibility index (Phi) is 5.27. The summed E-state index contributed by atoms with van der Waals surface area (Å²) in [6, 6.07) is 8.13. The molecule has 0 spiro atoms. The zero-order valence-electron chi connectivity index (χ0n) is 10.6. The van der Waals surface area contributed by atoms with E-state index in [1.54, 1.807) is 0 Å². The first kappa shape index (κ1) is 14.5. The number of hydrogen-bond donors (Lipinski definition) is 2. The van der Waals surface area contributed by atoms with Gasteiger partial charge in [0, 0.05) is 26.5 Å². The summed E-state index contributed by atoms with van der Waals surface area (Å²) >= 11 is 10.1. The van der Waals surface area contributed by atoms with Gasteiger partial charge in [0.15, 0.2) is 0 Å². The Morgan fingerprint density at radius 2 is 2.17 bits per heavy atom. The molecule has 2 rings (SSSR count). The van der Waals surface area contributed by atoms with Crippen LogP contribution in [0.3, 0.4) is 0 Å². The molecule has 0 aromatic heterocycles. The lowest BCUT2D eigenvalue weighted by Crippen LogP contribution is -2.40. The summed E-state index contributed by atoms with van der Waals surface area (Å²) < 4.78 is 0. The quantitative estimate of drug-likeness (QED) is 0.662. The van der Waals surface area contributed by atoms with Gasteiger partial charge in [-0.15, -0.1) is 0 Å². The molecule has 1 fully saturated rings. The molecule has 18 heavy (non-hydrogen) atoms. The number of benzene rings is 1. The molecule has 1 saturated heterocycles. The van der Waals surface area contributed by atoms with Crippen LogP contribution >= 0.6 is 35.1 Å². The number of hydrogen-bond acceptors (Lipinski definition) is 4. The molecule has 4 unspecified atom stereocenters.